The summed E-state index contributed by atoms with van der Waals surface area (Å²) < 4.78 is 18.4. The van der Waals surface area contributed by atoms with E-state index in [-0.39, 0.29) is 17.9 Å². The Morgan fingerprint density at radius 2 is 2.04 bits per heavy atom. The summed E-state index contributed by atoms with van der Waals surface area (Å²) >= 11 is 6.04. The molecule has 2 unspecified atom stereocenters. The standard InChI is InChI=1S/C17H24ClFN2O2/c1-17(2,3)23-16(22)21-15-6-4-5-14(15)20-10-11-7-8-12(19)9-13(11)18/h7-9,14-15,20H,4-6,10H2,1-3H3,(H,21,22). The number of halogens is 2. The van der Waals surface area contributed by atoms with E-state index in [1.54, 1.807) is 6.07 Å². The Kier molecular flexibility index (Phi) is 5.87. The highest BCUT2D eigenvalue weighted by molar-refractivity contribution is 6.31. The van der Waals surface area contributed by atoms with E-state index in [1.165, 1.54) is 12.1 Å². The summed E-state index contributed by atoms with van der Waals surface area (Å²) in [6, 6.07) is 4.57. The molecule has 1 saturated carbocycles. The molecule has 2 rings (SSSR count). The highest BCUT2D eigenvalue weighted by Gasteiger charge is 2.29. The summed E-state index contributed by atoms with van der Waals surface area (Å²) in [5.74, 6) is -0.343. The monoisotopic (exact) mass is 342 g/mol. The molecule has 128 valence electrons. The Morgan fingerprint density at radius 1 is 1.35 bits per heavy atom. The second kappa shape index (κ2) is 7.49. The average molecular weight is 343 g/mol. The third-order valence-corrected chi connectivity index (χ3v) is 4.14. The summed E-state index contributed by atoms with van der Waals surface area (Å²) in [5, 5.41) is 6.74. The molecule has 2 N–H and O–H groups in total. The Hall–Kier alpha value is -1.33. The molecule has 1 aliphatic rings. The van der Waals surface area contributed by atoms with Gasteiger partial charge in [0.25, 0.3) is 0 Å². The van der Waals surface area contributed by atoms with E-state index in [0.29, 0.717) is 11.6 Å². The predicted molar refractivity (Wildman–Crippen MR) is 89.0 cm³/mol. The molecule has 1 aromatic carbocycles. The van der Waals surface area contributed by atoms with Crippen LogP contribution in [0.5, 0.6) is 0 Å². The first-order chi connectivity index (χ1) is 10.7. The first kappa shape index (κ1) is 18.0. The fraction of sp³-hybridized carbons (Fsp3) is 0.588. The summed E-state index contributed by atoms with van der Waals surface area (Å²) in [6.07, 6.45) is 2.53. The molecule has 1 aromatic rings. The molecule has 0 aromatic heterocycles. The zero-order chi connectivity index (χ0) is 17.0. The third kappa shape index (κ3) is 5.66. The molecule has 0 bridgehead atoms. The van der Waals surface area contributed by atoms with Gasteiger partial charge in [-0.25, -0.2) is 9.18 Å². The van der Waals surface area contributed by atoms with Crippen molar-refractivity contribution in [2.24, 2.45) is 0 Å². The molecular weight excluding hydrogens is 319 g/mol. The molecule has 1 aliphatic carbocycles. The van der Waals surface area contributed by atoms with Gasteiger partial charge < -0.3 is 15.4 Å². The van der Waals surface area contributed by atoms with E-state index in [1.807, 2.05) is 20.8 Å². The van der Waals surface area contributed by atoms with Crippen LogP contribution >= 0.6 is 11.6 Å². The van der Waals surface area contributed by atoms with Gasteiger partial charge in [0.1, 0.15) is 11.4 Å². The minimum absolute atomic E-state index is 0.0315. The number of hydrogen-bond donors (Lipinski definition) is 2. The molecule has 0 saturated heterocycles. The Morgan fingerprint density at radius 3 is 2.70 bits per heavy atom. The maximum Gasteiger partial charge on any atom is 0.407 e. The van der Waals surface area contributed by atoms with E-state index in [9.17, 15) is 9.18 Å². The maximum atomic E-state index is 13.1. The number of ether oxygens (including phenoxy) is 1. The summed E-state index contributed by atoms with van der Waals surface area (Å²) in [7, 11) is 0. The molecular formula is C17H24ClFN2O2. The lowest BCUT2D eigenvalue weighted by Crippen LogP contribution is -2.47. The number of hydrogen-bond acceptors (Lipinski definition) is 3. The summed E-state index contributed by atoms with van der Waals surface area (Å²) in [4.78, 5) is 11.9. The van der Waals surface area contributed by atoms with Gasteiger partial charge in [0.05, 0.1) is 0 Å². The van der Waals surface area contributed by atoms with Crippen LogP contribution in [-0.2, 0) is 11.3 Å². The van der Waals surface area contributed by atoms with Crippen LogP contribution in [-0.4, -0.2) is 23.8 Å². The molecule has 1 fully saturated rings. The van der Waals surface area contributed by atoms with Crippen molar-refractivity contribution in [3.05, 3.63) is 34.6 Å². The minimum Gasteiger partial charge on any atom is -0.444 e. The van der Waals surface area contributed by atoms with Gasteiger partial charge in [0, 0.05) is 23.7 Å². The normalized spacial score (nSPS) is 21.3. The molecule has 6 heteroatoms. The van der Waals surface area contributed by atoms with Crippen molar-refractivity contribution in [1.82, 2.24) is 10.6 Å². The molecule has 0 heterocycles. The van der Waals surface area contributed by atoms with Crippen molar-refractivity contribution in [3.8, 4) is 0 Å². The second-order valence-corrected chi connectivity index (χ2v) is 7.31. The largest absolute Gasteiger partial charge is 0.444 e. The van der Waals surface area contributed by atoms with E-state index >= 15 is 0 Å². The highest BCUT2D eigenvalue weighted by Crippen LogP contribution is 2.22. The summed E-state index contributed by atoms with van der Waals surface area (Å²) in [6.45, 7) is 6.06. The molecule has 0 radical (unpaired) electrons. The smallest absolute Gasteiger partial charge is 0.407 e. The topological polar surface area (TPSA) is 50.4 Å². The SMILES string of the molecule is CC(C)(C)OC(=O)NC1CCCC1NCc1ccc(F)cc1Cl. The number of rotatable bonds is 4. The van der Waals surface area contributed by atoms with Crippen molar-refractivity contribution >= 4 is 17.7 Å². The average Bonchev–Trinajstić information content (AvgIpc) is 2.82. The quantitative estimate of drug-likeness (QED) is 0.869. The maximum absolute atomic E-state index is 13.1. The van der Waals surface area contributed by atoms with Gasteiger partial charge >= 0.3 is 6.09 Å². The number of carbonyl (C=O) groups is 1. The zero-order valence-corrected chi connectivity index (χ0v) is 14.5. The van der Waals surface area contributed by atoms with Gasteiger partial charge in [-0.2, -0.15) is 0 Å². The molecule has 0 spiro atoms. The van der Waals surface area contributed by atoms with Gasteiger partial charge in [0.2, 0.25) is 0 Å². The van der Waals surface area contributed by atoms with E-state index in [0.717, 1.165) is 24.8 Å². The van der Waals surface area contributed by atoms with E-state index < -0.39 is 11.7 Å². The number of alkyl carbamates (subject to hydrolysis) is 1. The third-order valence-electron chi connectivity index (χ3n) is 3.79. The van der Waals surface area contributed by atoms with Crippen molar-refractivity contribution in [2.45, 2.75) is 64.3 Å². The number of carbonyl (C=O) groups excluding carboxylic acids is 1. The molecule has 23 heavy (non-hydrogen) atoms. The molecule has 1 amide bonds. The highest BCUT2D eigenvalue weighted by atomic mass is 35.5. The van der Waals surface area contributed by atoms with Crippen LogP contribution in [0, 0.1) is 5.82 Å². The summed E-state index contributed by atoms with van der Waals surface area (Å²) in [5.41, 5.74) is 0.337. The van der Waals surface area contributed by atoms with Crippen LogP contribution < -0.4 is 10.6 Å². The fourth-order valence-corrected chi connectivity index (χ4v) is 2.98. The lowest BCUT2D eigenvalue weighted by molar-refractivity contribution is 0.0498. The van der Waals surface area contributed by atoms with E-state index in [4.69, 9.17) is 16.3 Å². The van der Waals surface area contributed by atoms with Crippen molar-refractivity contribution in [2.75, 3.05) is 0 Å². The fourth-order valence-electron chi connectivity index (χ4n) is 2.74. The number of amides is 1. The van der Waals surface area contributed by atoms with Crippen molar-refractivity contribution < 1.29 is 13.9 Å². The van der Waals surface area contributed by atoms with Crippen LogP contribution in [0.3, 0.4) is 0 Å². The number of nitrogens with one attached hydrogen (secondary N) is 2. The van der Waals surface area contributed by atoms with Gasteiger partial charge in [-0.05, 0) is 57.7 Å². The van der Waals surface area contributed by atoms with Gasteiger partial charge in [0.15, 0.2) is 0 Å². The lowest BCUT2D eigenvalue weighted by atomic mass is 10.1. The van der Waals surface area contributed by atoms with Crippen molar-refractivity contribution in [1.29, 1.82) is 0 Å². The van der Waals surface area contributed by atoms with Crippen LogP contribution in [0.25, 0.3) is 0 Å². The van der Waals surface area contributed by atoms with Gasteiger partial charge in [-0.3, -0.25) is 0 Å². The minimum atomic E-state index is -0.507. The van der Waals surface area contributed by atoms with Crippen LogP contribution in [0.2, 0.25) is 5.02 Å². The lowest BCUT2D eigenvalue weighted by Gasteiger charge is -2.25. The Labute approximate surface area is 141 Å². The van der Waals surface area contributed by atoms with Crippen LogP contribution in [0.15, 0.2) is 18.2 Å². The molecule has 4 nitrogen and oxygen atoms in total. The van der Waals surface area contributed by atoms with Crippen molar-refractivity contribution in [3.63, 3.8) is 0 Å². The predicted octanol–water partition coefficient (Wildman–Crippen LogP) is 4.01. The first-order valence-corrected chi connectivity index (χ1v) is 8.29. The van der Waals surface area contributed by atoms with E-state index in [2.05, 4.69) is 10.6 Å². The second-order valence-electron chi connectivity index (χ2n) is 6.91. The number of benzene rings is 1. The first-order valence-electron chi connectivity index (χ1n) is 7.91. The Balaban J connectivity index is 1.88. The van der Waals surface area contributed by atoms with Crippen LogP contribution in [0.4, 0.5) is 9.18 Å². The zero-order valence-electron chi connectivity index (χ0n) is 13.8. The Bertz CT molecular complexity index is 560. The van der Waals surface area contributed by atoms with Gasteiger partial charge in [-0.1, -0.05) is 17.7 Å². The van der Waals surface area contributed by atoms with Gasteiger partial charge in [-0.15, -0.1) is 0 Å². The molecule has 0 aliphatic heterocycles. The van der Waals surface area contributed by atoms with Crippen LogP contribution in [0.1, 0.15) is 45.6 Å². The molecule has 2 atom stereocenters.